The molecule has 96 valence electrons. The molecule has 2 rings (SSSR count). The molecule has 0 saturated carbocycles. The van der Waals surface area contributed by atoms with Crippen LogP contribution in [0.3, 0.4) is 0 Å². The third-order valence-corrected chi connectivity index (χ3v) is 4.00. The van der Waals surface area contributed by atoms with Gasteiger partial charge in [0, 0.05) is 23.4 Å². The summed E-state index contributed by atoms with van der Waals surface area (Å²) in [5.74, 6) is 1.16. The van der Waals surface area contributed by atoms with E-state index in [2.05, 4.69) is 30.3 Å². The fraction of sp³-hybridized carbons (Fsp3) is 0.357. The number of nitrogens with zero attached hydrogens (tertiary/aromatic N) is 1. The van der Waals surface area contributed by atoms with Gasteiger partial charge in [-0.2, -0.15) is 0 Å². The molecule has 0 aliphatic heterocycles. The second kappa shape index (κ2) is 5.50. The smallest absolute Gasteiger partial charge is 0.128 e. The Morgan fingerprint density at radius 2 is 2.22 bits per heavy atom. The van der Waals surface area contributed by atoms with Gasteiger partial charge in [-0.15, -0.1) is 11.3 Å². The van der Waals surface area contributed by atoms with Crippen LogP contribution in [-0.4, -0.2) is 18.6 Å². The molecule has 4 heteroatoms. The maximum atomic E-state index is 5.67. The molecule has 1 heterocycles. The summed E-state index contributed by atoms with van der Waals surface area (Å²) >= 11 is 1.66. The normalized spacial score (nSPS) is 12.4. The van der Waals surface area contributed by atoms with Crippen molar-refractivity contribution in [3.63, 3.8) is 0 Å². The first kappa shape index (κ1) is 13.1. The van der Waals surface area contributed by atoms with Crippen molar-refractivity contribution in [3.05, 3.63) is 34.2 Å². The molecule has 18 heavy (non-hydrogen) atoms. The van der Waals surface area contributed by atoms with E-state index < -0.39 is 0 Å². The number of ether oxygens (including phenoxy) is 1. The molecule has 0 saturated heterocycles. The van der Waals surface area contributed by atoms with Crippen molar-refractivity contribution < 1.29 is 4.74 Å². The van der Waals surface area contributed by atoms with Gasteiger partial charge >= 0.3 is 0 Å². The summed E-state index contributed by atoms with van der Waals surface area (Å²) < 4.78 is 5.39. The molecule has 1 unspecified atom stereocenters. The SMILES string of the molecule is COc1ccc(C)cc1-c1csc(C(C)CN)n1. The second-order valence-corrected chi connectivity index (χ2v) is 5.30. The minimum absolute atomic E-state index is 0.305. The number of rotatable bonds is 4. The Hall–Kier alpha value is -1.39. The Morgan fingerprint density at radius 3 is 2.89 bits per heavy atom. The first-order chi connectivity index (χ1) is 8.65. The Morgan fingerprint density at radius 1 is 1.44 bits per heavy atom. The quantitative estimate of drug-likeness (QED) is 0.920. The Kier molecular flexibility index (Phi) is 3.99. The van der Waals surface area contributed by atoms with Gasteiger partial charge in [-0.3, -0.25) is 0 Å². The van der Waals surface area contributed by atoms with E-state index in [9.17, 15) is 0 Å². The van der Waals surface area contributed by atoms with E-state index in [0.717, 1.165) is 22.0 Å². The van der Waals surface area contributed by atoms with Crippen molar-refractivity contribution >= 4 is 11.3 Å². The predicted octanol–water partition coefficient (Wildman–Crippen LogP) is 3.19. The first-order valence-electron chi connectivity index (χ1n) is 5.96. The van der Waals surface area contributed by atoms with Crippen LogP contribution < -0.4 is 10.5 Å². The van der Waals surface area contributed by atoms with Crippen LogP contribution in [0.25, 0.3) is 11.3 Å². The van der Waals surface area contributed by atoms with Gasteiger partial charge in [-0.25, -0.2) is 4.98 Å². The number of benzene rings is 1. The van der Waals surface area contributed by atoms with Crippen LogP contribution >= 0.6 is 11.3 Å². The van der Waals surface area contributed by atoms with Crippen LogP contribution in [0.5, 0.6) is 5.75 Å². The van der Waals surface area contributed by atoms with Gasteiger partial charge < -0.3 is 10.5 Å². The fourth-order valence-corrected chi connectivity index (χ4v) is 2.65. The zero-order chi connectivity index (χ0) is 13.1. The molecule has 1 atom stereocenters. The number of aromatic nitrogens is 1. The molecule has 0 aliphatic rings. The number of aryl methyl sites for hydroxylation is 1. The van der Waals surface area contributed by atoms with Crippen molar-refractivity contribution in [2.75, 3.05) is 13.7 Å². The van der Waals surface area contributed by atoms with Crippen molar-refractivity contribution in [1.29, 1.82) is 0 Å². The van der Waals surface area contributed by atoms with Crippen LogP contribution in [-0.2, 0) is 0 Å². The molecule has 0 radical (unpaired) electrons. The summed E-state index contributed by atoms with van der Waals surface area (Å²) in [4.78, 5) is 4.66. The fourth-order valence-electron chi connectivity index (χ4n) is 1.76. The monoisotopic (exact) mass is 262 g/mol. The van der Waals surface area contributed by atoms with Crippen molar-refractivity contribution in [2.24, 2.45) is 5.73 Å². The third-order valence-electron chi connectivity index (χ3n) is 2.93. The van der Waals surface area contributed by atoms with E-state index in [-0.39, 0.29) is 0 Å². The summed E-state index contributed by atoms with van der Waals surface area (Å²) in [6.45, 7) is 4.78. The lowest BCUT2D eigenvalue weighted by molar-refractivity contribution is 0.416. The molecule has 2 aromatic rings. The summed E-state index contributed by atoms with van der Waals surface area (Å²) in [6.07, 6.45) is 0. The maximum absolute atomic E-state index is 5.67. The molecular weight excluding hydrogens is 244 g/mol. The average Bonchev–Trinajstić information content (AvgIpc) is 2.87. The summed E-state index contributed by atoms with van der Waals surface area (Å²) in [7, 11) is 1.68. The number of hydrogen-bond donors (Lipinski definition) is 1. The van der Waals surface area contributed by atoms with Gasteiger partial charge in [-0.1, -0.05) is 18.6 Å². The highest BCUT2D eigenvalue weighted by molar-refractivity contribution is 7.10. The summed E-state index contributed by atoms with van der Waals surface area (Å²) in [5, 5.41) is 3.15. The zero-order valence-electron chi connectivity index (χ0n) is 10.9. The van der Waals surface area contributed by atoms with Gasteiger partial charge in [0.15, 0.2) is 0 Å². The minimum Gasteiger partial charge on any atom is -0.496 e. The Bertz CT molecular complexity index is 536. The molecule has 0 spiro atoms. The molecule has 0 bridgehead atoms. The van der Waals surface area contributed by atoms with E-state index in [4.69, 9.17) is 10.5 Å². The highest BCUT2D eigenvalue weighted by Gasteiger charge is 2.13. The molecule has 1 aromatic carbocycles. The van der Waals surface area contributed by atoms with Crippen LogP contribution in [0.1, 0.15) is 23.4 Å². The molecule has 3 nitrogen and oxygen atoms in total. The molecule has 1 aromatic heterocycles. The van der Waals surface area contributed by atoms with E-state index >= 15 is 0 Å². The van der Waals surface area contributed by atoms with Crippen LogP contribution in [0.4, 0.5) is 0 Å². The van der Waals surface area contributed by atoms with E-state index in [1.54, 1.807) is 18.4 Å². The lowest BCUT2D eigenvalue weighted by Gasteiger charge is -2.07. The topological polar surface area (TPSA) is 48.1 Å². The lowest BCUT2D eigenvalue weighted by Crippen LogP contribution is -2.08. The molecule has 0 amide bonds. The standard InChI is InChI=1S/C14H18N2OS/c1-9-4-5-13(17-3)11(6-9)12-8-18-14(16-12)10(2)7-15/h4-6,8,10H,7,15H2,1-3H3. The number of methoxy groups -OCH3 is 1. The lowest BCUT2D eigenvalue weighted by atomic mass is 10.1. The summed E-state index contributed by atoms with van der Waals surface area (Å²) in [5.41, 5.74) is 8.89. The van der Waals surface area contributed by atoms with Crippen LogP contribution in [0.15, 0.2) is 23.6 Å². The number of hydrogen-bond acceptors (Lipinski definition) is 4. The number of nitrogens with two attached hydrogens (primary N) is 1. The van der Waals surface area contributed by atoms with E-state index in [1.165, 1.54) is 5.56 Å². The highest BCUT2D eigenvalue weighted by atomic mass is 32.1. The zero-order valence-corrected chi connectivity index (χ0v) is 11.8. The average molecular weight is 262 g/mol. The molecular formula is C14H18N2OS. The van der Waals surface area contributed by atoms with Gasteiger partial charge in [0.25, 0.3) is 0 Å². The first-order valence-corrected chi connectivity index (χ1v) is 6.84. The highest BCUT2D eigenvalue weighted by Crippen LogP contribution is 2.33. The molecule has 0 fully saturated rings. The number of thiazole rings is 1. The van der Waals surface area contributed by atoms with E-state index in [1.807, 2.05) is 12.1 Å². The third kappa shape index (κ3) is 2.54. The van der Waals surface area contributed by atoms with Gasteiger partial charge in [0.05, 0.1) is 17.8 Å². The maximum Gasteiger partial charge on any atom is 0.128 e. The van der Waals surface area contributed by atoms with Gasteiger partial charge in [-0.05, 0) is 19.1 Å². The van der Waals surface area contributed by atoms with Gasteiger partial charge in [0.1, 0.15) is 5.75 Å². The Labute approximate surface area is 112 Å². The van der Waals surface area contributed by atoms with Crippen molar-refractivity contribution in [2.45, 2.75) is 19.8 Å². The van der Waals surface area contributed by atoms with E-state index in [0.29, 0.717) is 12.5 Å². The van der Waals surface area contributed by atoms with Crippen LogP contribution in [0.2, 0.25) is 0 Å². The predicted molar refractivity (Wildman–Crippen MR) is 76.3 cm³/mol. The summed E-state index contributed by atoms with van der Waals surface area (Å²) in [6, 6.07) is 6.12. The Balaban J connectivity index is 2.42. The molecule has 0 aliphatic carbocycles. The van der Waals surface area contributed by atoms with Crippen LogP contribution in [0, 0.1) is 6.92 Å². The van der Waals surface area contributed by atoms with Crippen molar-refractivity contribution in [3.8, 4) is 17.0 Å². The molecule has 2 N–H and O–H groups in total. The largest absolute Gasteiger partial charge is 0.496 e. The minimum atomic E-state index is 0.305. The second-order valence-electron chi connectivity index (χ2n) is 4.41. The van der Waals surface area contributed by atoms with Crippen molar-refractivity contribution in [1.82, 2.24) is 4.98 Å². The van der Waals surface area contributed by atoms with Gasteiger partial charge in [0.2, 0.25) is 0 Å².